The topological polar surface area (TPSA) is 59.8 Å². The van der Waals surface area contributed by atoms with E-state index in [-0.39, 0.29) is 5.91 Å². The van der Waals surface area contributed by atoms with Crippen LogP contribution in [-0.2, 0) is 0 Å². The van der Waals surface area contributed by atoms with Gasteiger partial charge in [0.25, 0.3) is 5.91 Å². The second-order valence-corrected chi connectivity index (χ2v) is 8.24. The molecule has 1 aliphatic carbocycles. The molecule has 1 N–H and O–H groups in total. The van der Waals surface area contributed by atoms with Crippen molar-refractivity contribution in [1.82, 2.24) is 14.8 Å². The van der Waals surface area contributed by atoms with Crippen molar-refractivity contribution in [3.05, 3.63) is 81.6 Å². The van der Waals surface area contributed by atoms with Gasteiger partial charge in [-0.15, -0.1) is 0 Å². The van der Waals surface area contributed by atoms with Crippen molar-refractivity contribution in [2.45, 2.75) is 25.7 Å². The maximum atomic E-state index is 13.3. The summed E-state index contributed by atoms with van der Waals surface area (Å²) >= 11 is 12.4. The number of carbonyl (C=O) groups is 1. The number of nitrogens with one attached hydrogen (secondary N) is 1. The molecule has 4 aromatic rings. The summed E-state index contributed by atoms with van der Waals surface area (Å²) in [5.41, 5.74) is 4.26. The third-order valence-electron chi connectivity index (χ3n) is 5.27. The van der Waals surface area contributed by atoms with E-state index in [2.05, 4.69) is 10.4 Å². The van der Waals surface area contributed by atoms with E-state index in [9.17, 15) is 4.79 Å². The van der Waals surface area contributed by atoms with E-state index in [1.54, 1.807) is 22.9 Å². The van der Waals surface area contributed by atoms with Gasteiger partial charge in [-0.1, -0.05) is 47.5 Å². The molecule has 0 atom stereocenters. The minimum absolute atomic E-state index is 0.260. The molecule has 1 fully saturated rings. The number of nitrogens with zero attached hydrogens (tertiary/aromatic N) is 3. The molecule has 150 valence electrons. The molecule has 5 nitrogen and oxygen atoms in total. The number of hydrogen-bond donors (Lipinski definition) is 1. The van der Waals surface area contributed by atoms with E-state index >= 15 is 0 Å². The van der Waals surface area contributed by atoms with E-state index in [1.807, 2.05) is 43.3 Å². The van der Waals surface area contributed by atoms with Crippen molar-refractivity contribution in [2.75, 3.05) is 5.32 Å². The first kappa shape index (κ1) is 19.1. The lowest BCUT2D eigenvalue weighted by molar-refractivity contribution is 0.102. The lowest BCUT2D eigenvalue weighted by Gasteiger charge is -2.11. The van der Waals surface area contributed by atoms with Gasteiger partial charge in [-0.3, -0.25) is 4.79 Å². The van der Waals surface area contributed by atoms with Crippen molar-refractivity contribution < 1.29 is 4.79 Å². The van der Waals surface area contributed by atoms with Gasteiger partial charge >= 0.3 is 0 Å². The highest BCUT2D eigenvalue weighted by molar-refractivity contribution is 6.44. The standard InChI is InChI=1S/C23H18Cl2N4O/c1-13-20-16(23(30)27-18-9-5-8-17(24)21(18)25)12-19(14-10-11-14)26-22(20)29(28-13)15-6-3-2-4-7-15/h2-9,12,14H,10-11H2,1H3,(H,27,30). The number of anilines is 1. The third kappa shape index (κ3) is 3.34. The van der Waals surface area contributed by atoms with Crippen molar-refractivity contribution >= 4 is 45.8 Å². The first-order valence-corrected chi connectivity index (χ1v) is 10.5. The van der Waals surface area contributed by atoms with Crippen LogP contribution in [0.5, 0.6) is 0 Å². The van der Waals surface area contributed by atoms with Gasteiger partial charge in [-0.2, -0.15) is 5.10 Å². The molecular weight excluding hydrogens is 419 g/mol. The normalized spacial score (nSPS) is 13.6. The second kappa shape index (κ2) is 7.42. The summed E-state index contributed by atoms with van der Waals surface area (Å²) in [5, 5.41) is 9.03. The molecule has 5 rings (SSSR count). The zero-order valence-corrected chi connectivity index (χ0v) is 17.7. The Morgan fingerprint density at radius 3 is 2.60 bits per heavy atom. The van der Waals surface area contributed by atoms with Gasteiger partial charge in [0, 0.05) is 11.6 Å². The van der Waals surface area contributed by atoms with E-state index in [1.165, 1.54) is 0 Å². The fourth-order valence-corrected chi connectivity index (χ4v) is 3.96. The highest BCUT2D eigenvalue weighted by Gasteiger charge is 2.29. The fourth-order valence-electron chi connectivity index (χ4n) is 3.61. The first-order valence-electron chi connectivity index (χ1n) is 9.74. The van der Waals surface area contributed by atoms with Crippen LogP contribution in [0, 0.1) is 6.92 Å². The Morgan fingerprint density at radius 1 is 1.10 bits per heavy atom. The number of para-hydroxylation sites is 1. The lowest BCUT2D eigenvalue weighted by Crippen LogP contribution is -2.14. The van der Waals surface area contributed by atoms with Crippen LogP contribution in [0.15, 0.2) is 54.6 Å². The summed E-state index contributed by atoms with van der Waals surface area (Å²) in [6.45, 7) is 1.89. The fraction of sp³-hybridized carbons (Fsp3) is 0.174. The molecule has 2 aromatic carbocycles. The first-order chi connectivity index (χ1) is 14.5. The van der Waals surface area contributed by atoms with E-state index in [4.69, 9.17) is 28.2 Å². The molecule has 1 aliphatic rings. The molecule has 30 heavy (non-hydrogen) atoms. The highest BCUT2D eigenvalue weighted by Crippen LogP contribution is 2.41. The molecule has 0 aliphatic heterocycles. The smallest absolute Gasteiger partial charge is 0.256 e. The predicted molar refractivity (Wildman–Crippen MR) is 120 cm³/mol. The molecule has 2 aromatic heterocycles. The predicted octanol–water partition coefficient (Wildman–Crippen LogP) is 6.17. The molecule has 2 heterocycles. The third-order valence-corrected chi connectivity index (χ3v) is 6.09. The Kier molecular flexibility index (Phi) is 4.72. The maximum Gasteiger partial charge on any atom is 0.256 e. The Balaban J connectivity index is 1.66. The average Bonchev–Trinajstić information content (AvgIpc) is 3.55. The van der Waals surface area contributed by atoms with Crippen molar-refractivity contribution in [3.8, 4) is 5.69 Å². The molecule has 7 heteroatoms. The Morgan fingerprint density at radius 2 is 1.87 bits per heavy atom. The quantitative estimate of drug-likeness (QED) is 0.416. The molecule has 0 bridgehead atoms. The van der Waals surface area contributed by atoms with Gasteiger partial charge in [0.2, 0.25) is 0 Å². The molecule has 1 amide bonds. The summed E-state index contributed by atoms with van der Waals surface area (Å²) in [6.07, 6.45) is 2.16. The number of fused-ring (bicyclic) bond motifs is 1. The number of amides is 1. The number of hydrogen-bond acceptors (Lipinski definition) is 3. The Bertz CT molecular complexity index is 1280. The Hall–Kier alpha value is -2.89. The summed E-state index contributed by atoms with van der Waals surface area (Å²) < 4.78 is 1.81. The zero-order chi connectivity index (χ0) is 20.8. The molecule has 0 unspecified atom stereocenters. The second-order valence-electron chi connectivity index (χ2n) is 7.46. The van der Waals surface area contributed by atoms with Crippen LogP contribution in [0.4, 0.5) is 5.69 Å². The summed E-state index contributed by atoms with van der Waals surface area (Å²) in [5.74, 6) is 0.124. The van der Waals surface area contributed by atoms with Crippen molar-refractivity contribution in [2.24, 2.45) is 0 Å². The van der Waals surface area contributed by atoms with Gasteiger partial charge in [-0.05, 0) is 50.1 Å². The van der Waals surface area contributed by atoms with Crippen LogP contribution in [-0.4, -0.2) is 20.7 Å². The minimum Gasteiger partial charge on any atom is -0.321 e. The van der Waals surface area contributed by atoms with Gasteiger partial charge in [-0.25, -0.2) is 9.67 Å². The number of pyridine rings is 1. The summed E-state index contributed by atoms with van der Waals surface area (Å²) in [4.78, 5) is 18.2. The number of carbonyl (C=O) groups excluding carboxylic acids is 1. The van der Waals surface area contributed by atoms with Gasteiger partial charge < -0.3 is 5.32 Å². The van der Waals surface area contributed by atoms with E-state index < -0.39 is 0 Å². The largest absolute Gasteiger partial charge is 0.321 e. The molecule has 0 spiro atoms. The van der Waals surface area contributed by atoms with Crippen LogP contribution >= 0.6 is 23.2 Å². The van der Waals surface area contributed by atoms with E-state index in [0.717, 1.165) is 35.3 Å². The number of benzene rings is 2. The lowest BCUT2D eigenvalue weighted by atomic mass is 10.1. The Labute approximate surface area is 183 Å². The molecule has 0 radical (unpaired) electrons. The average molecular weight is 437 g/mol. The number of aryl methyl sites for hydroxylation is 1. The van der Waals surface area contributed by atoms with Crippen LogP contribution in [0.3, 0.4) is 0 Å². The minimum atomic E-state index is -0.260. The van der Waals surface area contributed by atoms with Crippen LogP contribution in [0.2, 0.25) is 10.0 Å². The monoisotopic (exact) mass is 436 g/mol. The van der Waals surface area contributed by atoms with Crippen LogP contribution < -0.4 is 5.32 Å². The molecule has 0 saturated heterocycles. The van der Waals surface area contributed by atoms with Gasteiger partial charge in [0.05, 0.1) is 38.1 Å². The van der Waals surface area contributed by atoms with Crippen molar-refractivity contribution in [1.29, 1.82) is 0 Å². The summed E-state index contributed by atoms with van der Waals surface area (Å²) in [7, 11) is 0. The number of rotatable bonds is 4. The van der Waals surface area contributed by atoms with Crippen LogP contribution in [0.25, 0.3) is 16.7 Å². The van der Waals surface area contributed by atoms with Gasteiger partial charge in [0.1, 0.15) is 0 Å². The van der Waals surface area contributed by atoms with Crippen LogP contribution in [0.1, 0.15) is 40.5 Å². The van der Waals surface area contributed by atoms with Crippen molar-refractivity contribution in [3.63, 3.8) is 0 Å². The number of aromatic nitrogens is 3. The van der Waals surface area contributed by atoms with Gasteiger partial charge in [0.15, 0.2) is 5.65 Å². The number of halogens is 2. The van der Waals surface area contributed by atoms with E-state index in [0.29, 0.717) is 32.9 Å². The highest BCUT2D eigenvalue weighted by atomic mass is 35.5. The summed E-state index contributed by atoms with van der Waals surface area (Å²) in [6, 6.07) is 16.9. The zero-order valence-electron chi connectivity index (χ0n) is 16.2. The maximum absolute atomic E-state index is 13.3. The molecular formula is C23H18Cl2N4O. The SMILES string of the molecule is Cc1nn(-c2ccccc2)c2nc(C3CC3)cc(C(=O)Nc3cccc(Cl)c3Cl)c12. The molecule has 1 saturated carbocycles.